The van der Waals surface area contributed by atoms with Crippen LogP contribution in [0.4, 0.5) is 0 Å². The number of hydrogen-bond acceptors (Lipinski definition) is 4. The zero-order chi connectivity index (χ0) is 20.1. The Morgan fingerprint density at radius 2 is 1.69 bits per heavy atom. The molecule has 3 aliphatic heterocycles. The van der Waals surface area contributed by atoms with Crippen LogP contribution in [0.2, 0.25) is 0 Å². The molecule has 4 rings (SSSR count). The zero-order valence-electron chi connectivity index (χ0n) is 17.8. The molecule has 0 aromatic heterocycles. The summed E-state index contributed by atoms with van der Waals surface area (Å²) >= 11 is 0. The second-order valence-corrected chi connectivity index (χ2v) is 9.27. The molecule has 5 nitrogen and oxygen atoms in total. The van der Waals surface area contributed by atoms with Crippen molar-refractivity contribution in [3.8, 4) is 0 Å². The highest BCUT2D eigenvalue weighted by Gasteiger charge is 2.43. The first-order valence-corrected chi connectivity index (χ1v) is 11.7. The average Bonchev–Trinajstić information content (AvgIpc) is 3.28. The molecule has 29 heavy (non-hydrogen) atoms. The van der Waals surface area contributed by atoms with Crippen LogP contribution in [0.15, 0.2) is 30.3 Å². The molecule has 3 aliphatic rings. The number of hydrogen-bond donors (Lipinski definition) is 1. The fourth-order valence-corrected chi connectivity index (χ4v) is 5.46. The molecular formula is C24H37N3O2. The van der Waals surface area contributed by atoms with Gasteiger partial charge in [0.1, 0.15) is 0 Å². The van der Waals surface area contributed by atoms with E-state index in [0.717, 1.165) is 45.4 Å². The van der Waals surface area contributed by atoms with Crippen molar-refractivity contribution in [1.29, 1.82) is 0 Å². The highest BCUT2D eigenvalue weighted by atomic mass is 16.3. The maximum atomic E-state index is 13.1. The van der Waals surface area contributed by atoms with E-state index in [2.05, 4.69) is 34.1 Å². The van der Waals surface area contributed by atoms with E-state index in [9.17, 15) is 9.90 Å². The maximum Gasteiger partial charge on any atom is 0.255 e. The first-order chi connectivity index (χ1) is 14.1. The molecule has 3 saturated heterocycles. The molecule has 3 fully saturated rings. The second-order valence-electron chi connectivity index (χ2n) is 9.27. The van der Waals surface area contributed by atoms with Gasteiger partial charge in [0.05, 0.1) is 0 Å². The Bertz CT molecular complexity index is 653. The minimum atomic E-state index is -1.19. The highest BCUT2D eigenvalue weighted by molar-refractivity contribution is 5.86. The average molecular weight is 400 g/mol. The minimum Gasteiger partial charge on any atom is -0.379 e. The lowest BCUT2D eigenvalue weighted by molar-refractivity contribution is -0.160. The van der Waals surface area contributed by atoms with Gasteiger partial charge in [-0.3, -0.25) is 9.69 Å². The predicted octanol–water partition coefficient (Wildman–Crippen LogP) is 2.53. The largest absolute Gasteiger partial charge is 0.379 e. The monoisotopic (exact) mass is 399 g/mol. The molecule has 0 bridgehead atoms. The van der Waals surface area contributed by atoms with Crippen LogP contribution in [0, 0.1) is 0 Å². The molecule has 1 aromatic carbocycles. The Labute approximate surface area is 175 Å². The Kier molecular flexibility index (Phi) is 6.88. The number of rotatable bonds is 7. The van der Waals surface area contributed by atoms with Crippen LogP contribution in [-0.2, 0) is 11.2 Å². The molecule has 0 aliphatic carbocycles. The quantitative estimate of drug-likeness (QED) is 0.765. The fourth-order valence-electron chi connectivity index (χ4n) is 5.46. The normalized spacial score (nSPS) is 27.6. The number of aryl methyl sites for hydroxylation is 1. The van der Waals surface area contributed by atoms with Gasteiger partial charge < -0.3 is 14.9 Å². The summed E-state index contributed by atoms with van der Waals surface area (Å²) < 4.78 is 0. The molecule has 0 radical (unpaired) electrons. The Balaban J connectivity index is 1.25. The van der Waals surface area contributed by atoms with E-state index in [0.29, 0.717) is 19.0 Å². The van der Waals surface area contributed by atoms with Crippen molar-refractivity contribution in [3.05, 3.63) is 35.9 Å². The number of amides is 1. The Morgan fingerprint density at radius 3 is 2.41 bits per heavy atom. The molecule has 1 atom stereocenters. The smallest absolute Gasteiger partial charge is 0.255 e. The first-order valence-electron chi connectivity index (χ1n) is 11.7. The summed E-state index contributed by atoms with van der Waals surface area (Å²) in [5, 5.41) is 11.2. The van der Waals surface area contributed by atoms with Gasteiger partial charge >= 0.3 is 0 Å². The summed E-state index contributed by atoms with van der Waals surface area (Å²) in [7, 11) is 0. The first kappa shape index (κ1) is 20.8. The van der Waals surface area contributed by atoms with E-state index in [-0.39, 0.29) is 5.91 Å². The lowest BCUT2D eigenvalue weighted by Crippen LogP contribution is -2.59. The van der Waals surface area contributed by atoms with E-state index in [1.807, 2.05) is 11.0 Å². The summed E-state index contributed by atoms with van der Waals surface area (Å²) in [5.41, 5.74) is 0.124. The number of piperidine rings is 2. The molecule has 0 unspecified atom stereocenters. The zero-order valence-corrected chi connectivity index (χ0v) is 17.8. The number of carbonyl (C=O) groups excluding carboxylic acids is 1. The predicted molar refractivity (Wildman–Crippen MR) is 116 cm³/mol. The Hall–Kier alpha value is -1.43. The molecule has 0 spiro atoms. The summed E-state index contributed by atoms with van der Waals surface area (Å²) in [6, 6.07) is 11.1. The second kappa shape index (κ2) is 9.59. The number of β-amino-alcohol motifs (C(OH)–C–C–N with tert-alkyl or cyclic N) is 1. The topological polar surface area (TPSA) is 47.0 Å². The van der Waals surface area contributed by atoms with E-state index >= 15 is 0 Å². The van der Waals surface area contributed by atoms with Gasteiger partial charge in [0, 0.05) is 25.7 Å². The van der Waals surface area contributed by atoms with Crippen molar-refractivity contribution < 1.29 is 9.90 Å². The van der Waals surface area contributed by atoms with Crippen LogP contribution in [0.25, 0.3) is 0 Å². The third-order valence-corrected chi connectivity index (χ3v) is 7.14. The lowest BCUT2D eigenvalue weighted by atomic mass is 9.89. The van der Waals surface area contributed by atoms with Crippen LogP contribution in [0.5, 0.6) is 0 Å². The van der Waals surface area contributed by atoms with Gasteiger partial charge in [-0.2, -0.15) is 0 Å². The summed E-state index contributed by atoms with van der Waals surface area (Å²) in [4.78, 5) is 20.0. The van der Waals surface area contributed by atoms with Crippen LogP contribution in [0.1, 0.15) is 50.5 Å². The molecule has 1 aromatic rings. The van der Waals surface area contributed by atoms with Gasteiger partial charge in [0.2, 0.25) is 0 Å². The van der Waals surface area contributed by atoms with Crippen molar-refractivity contribution in [1.82, 2.24) is 14.7 Å². The lowest BCUT2D eigenvalue weighted by Gasteiger charge is -2.43. The molecule has 160 valence electrons. The van der Waals surface area contributed by atoms with Crippen molar-refractivity contribution in [2.75, 3.05) is 45.8 Å². The minimum absolute atomic E-state index is 0.0431. The van der Waals surface area contributed by atoms with Gasteiger partial charge in [-0.1, -0.05) is 30.3 Å². The molecule has 0 saturated carbocycles. The van der Waals surface area contributed by atoms with E-state index in [1.165, 1.54) is 44.3 Å². The van der Waals surface area contributed by atoms with E-state index < -0.39 is 5.60 Å². The number of nitrogens with zero attached hydrogens (tertiary/aromatic N) is 3. The van der Waals surface area contributed by atoms with Gasteiger partial charge in [0.25, 0.3) is 5.91 Å². The molecule has 3 heterocycles. The fraction of sp³-hybridized carbons (Fsp3) is 0.708. The number of aliphatic hydroxyl groups is 1. The maximum absolute atomic E-state index is 13.1. The van der Waals surface area contributed by atoms with Gasteiger partial charge in [0.15, 0.2) is 5.60 Å². The van der Waals surface area contributed by atoms with E-state index in [1.54, 1.807) is 0 Å². The molecule has 5 heteroatoms. The summed E-state index contributed by atoms with van der Waals surface area (Å²) in [5.74, 6) is -0.0431. The third-order valence-electron chi connectivity index (χ3n) is 7.14. The van der Waals surface area contributed by atoms with Crippen molar-refractivity contribution in [3.63, 3.8) is 0 Å². The van der Waals surface area contributed by atoms with Crippen molar-refractivity contribution >= 4 is 5.91 Å². The van der Waals surface area contributed by atoms with Crippen LogP contribution in [0.3, 0.4) is 0 Å². The third kappa shape index (κ3) is 5.19. The standard InChI is InChI=1S/C24H37N3O2/c28-23-24(29,20-25-18-11-22(12-19-25)26-14-4-5-15-26)13-7-17-27(23)16-6-10-21-8-2-1-3-9-21/h1-3,8-9,22,29H,4-7,10-20H2/t24-/m1/s1. The van der Waals surface area contributed by atoms with Crippen molar-refractivity contribution in [2.24, 2.45) is 0 Å². The number of carbonyl (C=O) groups is 1. The van der Waals surface area contributed by atoms with Gasteiger partial charge in [-0.25, -0.2) is 0 Å². The van der Waals surface area contributed by atoms with E-state index in [4.69, 9.17) is 0 Å². The molecular weight excluding hydrogens is 362 g/mol. The highest BCUT2D eigenvalue weighted by Crippen LogP contribution is 2.27. The van der Waals surface area contributed by atoms with Crippen LogP contribution >= 0.6 is 0 Å². The van der Waals surface area contributed by atoms with Crippen LogP contribution < -0.4 is 0 Å². The Morgan fingerprint density at radius 1 is 0.966 bits per heavy atom. The van der Waals surface area contributed by atoms with Crippen molar-refractivity contribution in [2.45, 2.75) is 63.0 Å². The summed E-state index contributed by atoms with van der Waals surface area (Å²) in [6.07, 6.45) is 8.46. The van der Waals surface area contributed by atoms with Crippen LogP contribution in [-0.4, -0.2) is 83.2 Å². The SMILES string of the molecule is O=C1N(CCCc2ccccc2)CCC[C@@]1(O)CN1CCC(N2CCCC2)CC1. The molecule has 1 amide bonds. The number of benzene rings is 1. The molecule has 1 N–H and O–H groups in total. The van der Waals surface area contributed by atoms with Gasteiger partial charge in [-0.05, 0) is 83.1 Å². The number of likely N-dealkylation sites (tertiary alicyclic amines) is 3. The van der Waals surface area contributed by atoms with Gasteiger partial charge in [-0.15, -0.1) is 0 Å². The summed E-state index contributed by atoms with van der Waals surface area (Å²) in [6.45, 7) is 6.55.